The zero-order valence-electron chi connectivity index (χ0n) is 12.8. The normalized spacial score (nSPS) is 14.2. The number of halogens is 1. The van der Waals surface area contributed by atoms with Crippen molar-refractivity contribution in [1.82, 2.24) is 4.90 Å². The number of rotatable bonds is 3. The highest BCUT2D eigenvalue weighted by Crippen LogP contribution is 2.29. The molecule has 0 saturated heterocycles. The monoisotopic (exact) mass is 297 g/mol. The van der Waals surface area contributed by atoms with Gasteiger partial charge in [0.25, 0.3) is 0 Å². The fraction of sp³-hybridized carbons (Fsp3) is 0.467. The lowest BCUT2D eigenvalue weighted by Crippen LogP contribution is -2.48. The van der Waals surface area contributed by atoms with Crippen molar-refractivity contribution >= 4 is 12.4 Å². The third kappa shape index (κ3) is 3.71. The van der Waals surface area contributed by atoms with Crippen molar-refractivity contribution in [2.75, 3.05) is 7.05 Å². The molecule has 1 unspecified atom stereocenters. The number of aldehydes is 1. The van der Waals surface area contributed by atoms with Crippen LogP contribution in [0.5, 0.6) is 5.75 Å². The second-order valence-corrected chi connectivity index (χ2v) is 5.97. The first-order valence-electron chi connectivity index (χ1n) is 6.43. The van der Waals surface area contributed by atoms with E-state index in [0.29, 0.717) is 6.29 Å². The first-order valence-corrected chi connectivity index (χ1v) is 6.43. The average molecular weight is 297 g/mol. The number of hydrogen-bond donors (Lipinski definition) is 1. The predicted molar refractivity (Wildman–Crippen MR) is 75.5 cm³/mol. The smallest absolute Gasteiger partial charge is 0.411 e. The summed E-state index contributed by atoms with van der Waals surface area (Å²) < 4.78 is 18.7. The second-order valence-electron chi connectivity index (χ2n) is 5.97. The summed E-state index contributed by atoms with van der Waals surface area (Å²) in [5, 5.41) is 9.21. The van der Waals surface area contributed by atoms with Gasteiger partial charge in [-0.3, -0.25) is 4.90 Å². The van der Waals surface area contributed by atoms with Crippen molar-refractivity contribution in [3.8, 4) is 5.75 Å². The van der Waals surface area contributed by atoms with E-state index in [4.69, 9.17) is 4.74 Å². The maximum absolute atomic E-state index is 13.5. The van der Waals surface area contributed by atoms with Gasteiger partial charge in [0.05, 0.1) is 0 Å². The Morgan fingerprint density at radius 1 is 1.33 bits per heavy atom. The Morgan fingerprint density at radius 3 is 2.33 bits per heavy atom. The Balaban J connectivity index is 3.16. The van der Waals surface area contributed by atoms with E-state index in [1.54, 1.807) is 20.8 Å². The number of phenolic OH excluding ortho intramolecular Hbond substituents is 1. The molecule has 0 heterocycles. The summed E-state index contributed by atoms with van der Waals surface area (Å²) in [6.45, 7) is 6.58. The molecule has 1 atom stereocenters. The largest absolute Gasteiger partial charge is 0.505 e. The van der Waals surface area contributed by atoms with Crippen molar-refractivity contribution in [2.24, 2.45) is 0 Å². The van der Waals surface area contributed by atoms with E-state index in [-0.39, 0.29) is 5.56 Å². The Bertz CT molecular complexity index is 553. The molecule has 1 N–H and O–H groups in total. The molecule has 0 aliphatic rings. The van der Waals surface area contributed by atoms with Crippen molar-refractivity contribution < 1.29 is 23.8 Å². The average Bonchev–Trinajstić information content (AvgIpc) is 2.38. The van der Waals surface area contributed by atoms with Crippen LogP contribution >= 0.6 is 0 Å². The summed E-state index contributed by atoms with van der Waals surface area (Å²) in [5.74, 6) is -1.38. The molecule has 0 fully saturated rings. The molecule has 6 heteroatoms. The number of carbonyl (C=O) groups is 2. The van der Waals surface area contributed by atoms with Gasteiger partial charge < -0.3 is 14.6 Å². The minimum Gasteiger partial charge on any atom is -0.505 e. The van der Waals surface area contributed by atoms with E-state index in [0.717, 1.165) is 17.0 Å². The molecule has 0 aromatic heterocycles. The van der Waals surface area contributed by atoms with E-state index >= 15 is 0 Å². The number of likely N-dealkylation sites (N-methyl/N-ethyl adjacent to an activating group) is 1. The maximum atomic E-state index is 13.5. The van der Waals surface area contributed by atoms with Crippen molar-refractivity contribution in [1.29, 1.82) is 0 Å². The number of ether oxygens (including phenoxy) is 1. The van der Waals surface area contributed by atoms with Crippen LogP contribution in [0, 0.1) is 5.82 Å². The SMILES string of the molecule is CN(C(=O)OC(C)(C)C)C(C)(C=O)c1ccc(O)c(F)c1. The molecular weight excluding hydrogens is 277 g/mol. The van der Waals surface area contributed by atoms with Crippen molar-refractivity contribution in [3.05, 3.63) is 29.6 Å². The zero-order valence-corrected chi connectivity index (χ0v) is 12.8. The summed E-state index contributed by atoms with van der Waals surface area (Å²) >= 11 is 0. The van der Waals surface area contributed by atoms with Gasteiger partial charge in [-0.1, -0.05) is 6.07 Å². The van der Waals surface area contributed by atoms with Crippen LogP contribution in [0.15, 0.2) is 18.2 Å². The number of hydrogen-bond acceptors (Lipinski definition) is 4. The quantitative estimate of drug-likeness (QED) is 0.871. The summed E-state index contributed by atoms with van der Waals surface area (Å²) in [6, 6.07) is 3.54. The summed E-state index contributed by atoms with van der Waals surface area (Å²) in [4.78, 5) is 24.7. The molecule has 116 valence electrons. The molecule has 0 aliphatic carbocycles. The molecule has 0 aliphatic heterocycles. The molecule has 1 aromatic carbocycles. The van der Waals surface area contributed by atoms with Crippen LogP contribution in [0.1, 0.15) is 33.3 Å². The molecule has 0 radical (unpaired) electrons. The van der Waals surface area contributed by atoms with Gasteiger partial charge in [0, 0.05) is 7.05 Å². The third-order valence-corrected chi connectivity index (χ3v) is 3.13. The second kappa shape index (κ2) is 5.71. The van der Waals surface area contributed by atoms with Gasteiger partial charge in [0.15, 0.2) is 11.6 Å². The van der Waals surface area contributed by atoms with Crippen LogP contribution in [-0.4, -0.2) is 35.0 Å². The van der Waals surface area contributed by atoms with Crippen LogP contribution in [0.4, 0.5) is 9.18 Å². The fourth-order valence-electron chi connectivity index (χ4n) is 1.68. The van der Waals surface area contributed by atoms with E-state index in [2.05, 4.69) is 0 Å². The summed E-state index contributed by atoms with van der Waals surface area (Å²) in [6.07, 6.45) is -0.173. The van der Waals surface area contributed by atoms with Gasteiger partial charge in [-0.25, -0.2) is 9.18 Å². The standard InChI is InChI=1S/C15H20FNO4/c1-14(2,3)21-13(20)17(5)15(4,9-18)10-6-7-12(19)11(16)8-10/h6-9,19H,1-5H3. The van der Waals surface area contributed by atoms with Gasteiger partial charge >= 0.3 is 6.09 Å². The van der Waals surface area contributed by atoms with Gasteiger partial charge in [-0.15, -0.1) is 0 Å². The molecule has 1 rings (SSSR count). The number of nitrogens with zero attached hydrogens (tertiary/aromatic N) is 1. The first-order chi connectivity index (χ1) is 9.51. The summed E-state index contributed by atoms with van der Waals surface area (Å²) in [5.41, 5.74) is -1.88. The van der Waals surface area contributed by atoms with Gasteiger partial charge in [-0.05, 0) is 45.4 Å². The Hall–Kier alpha value is -2.11. The zero-order chi connectivity index (χ0) is 16.4. The molecule has 0 bridgehead atoms. The Kier molecular flexibility index (Phi) is 4.61. The van der Waals surface area contributed by atoms with Crippen LogP contribution in [0.3, 0.4) is 0 Å². The van der Waals surface area contributed by atoms with Gasteiger partial charge in [0.1, 0.15) is 17.4 Å². The molecule has 1 amide bonds. The van der Waals surface area contributed by atoms with Crippen molar-refractivity contribution in [2.45, 2.75) is 38.8 Å². The lowest BCUT2D eigenvalue weighted by atomic mass is 9.92. The predicted octanol–water partition coefficient (Wildman–Crippen LogP) is 2.81. The van der Waals surface area contributed by atoms with E-state index in [9.17, 15) is 19.1 Å². The Labute approximate surface area is 123 Å². The highest BCUT2D eigenvalue weighted by Gasteiger charge is 2.37. The maximum Gasteiger partial charge on any atom is 0.411 e. The highest BCUT2D eigenvalue weighted by atomic mass is 19.1. The van der Waals surface area contributed by atoms with E-state index < -0.39 is 28.8 Å². The minimum atomic E-state index is -1.41. The number of aromatic hydroxyl groups is 1. The Morgan fingerprint density at radius 2 is 1.90 bits per heavy atom. The highest BCUT2D eigenvalue weighted by molar-refractivity contribution is 5.78. The molecule has 1 aromatic rings. The third-order valence-electron chi connectivity index (χ3n) is 3.13. The number of amides is 1. The molecule has 21 heavy (non-hydrogen) atoms. The number of phenols is 1. The topological polar surface area (TPSA) is 66.8 Å². The fourth-order valence-corrected chi connectivity index (χ4v) is 1.68. The molecule has 5 nitrogen and oxygen atoms in total. The molecule has 0 spiro atoms. The van der Waals surface area contributed by atoms with Crippen LogP contribution < -0.4 is 0 Å². The van der Waals surface area contributed by atoms with E-state index in [1.165, 1.54) is 20.0 Å². The van der Waals surface area contributed by atoms with Crippen LogP contribution in [0.2, 0.25) is 0 Å². The van der Waals surface area contributed by atoms with Gasteiger partial charge in [-0.2, -0.15) is 0 Å². The first kappa shape index (κ1) is 16.9. The molecule has 0 saturated carbocycles. The van der Waals surface area contributed by atoms with Crippen LogP contribution in [-0.2, 0) is 15.1 Å². The molecular formula is C15H20FNO4. The van der Waals surface area contributed by atoms with Crippen molar-refractivity contribution in [3.63, 3.8) is 0 Å². The van der Waals surface area contributed by atoms with E-state index in [1.807, 2.05) is 0 Å². The summed E-state index contributed by atoms with van der Waals surface area (Å²) in [7, 11) is 1.40. The minimum absolute atomic E-state index is 0.237. The number of carbonyl (C=O) groups excluding carboxylic acids is 2. The lowest BCUT2D eigenvalue weighted by molar-refractivity contribution is -0.117. The van der Waals surface area contributed by atoms with Gasteiger partial charge in [0.2, 0.25) is 0 Å². The number of benzene rings is 1. The lowest BCUT2D eigenvalue weighted by Gasteiger charge is -2.35. The van der Waals surface area contributed by atoms with Crippen LogP contribution in [0.25, 0.3) is 0 Å².